The Morgan fingerprint density at radius 2 is 2.14 bits per heavy atom. The average molecular weight is 300 g/mol. The molecule has 116 valence electrons. The Labute approximate surface area is 128 Å². The maximum Gasteiger partial charge on any atom is 0.220 e. The van der Waals surface area contributed by atoms with Gasteiger partial charge >= 0.3 is 0 Å². The summed E-state index contributed by atoms with van der Waals surface area (Å²) in [5.41, 5.74) is 2.91. The summed E-state index contributed by atoms with van der Waals surface area (Å²) in [4.78, 5) is 13.9. The third-order valence-electron chi connectivity index (χ3n) is 4.79. The monoisotopic (exact) mass is 300 g/mol. The van der Waals surface area contributed by atoms with Gasteiger partial charge in [0.1, 0.15) is 6.33 Å². The molecule has 4 rings (SSSR count). The van der Waals surface area contributed by atoms with Gasteiger partial charge in [-0.3, -0.25) is 4.79 Å². The molecule has 0 radical (unpaired) electrons. The molecule has 2 aliphatic rings. The number of nitrogens with one attached hydrogen (secondary N) is 1. The van der Waals surface area contributed by atoms with Crippen molar-refractivity contribution in [3.63, 3.8) is 0 Å². The van der Waals surface area contributed by atoms with Crippen LogP contribution in [0.2, 0.25) is 0 Å². The van der Waals surface area contributed by atoms with Crippen LogP contribution in [0.25, 0.3) is 5.65 Å². The molecule has 0 unspecified atom stereocenters. The smallest absolute Gasteiger partial charge is 0.220 e. The van der Waals surface area contributed by atoms with Crippen molar-refractivity contribution >= 4 is 17.2 Å². The minimum absolute atomic E-state index is 0.174. The number of hydrogen-bond donors (Lipinski definition) is 1. The van der Waals surface area contributed by atoms with Crippen LogP contribution < -0.4 is 10.2 Å². The summed E-state index contributed by atoms with van der Waals surface area (Å²) < 4.78 is 1.76. The molecular formula is C15H20N6O. The zero-order chi connectivity index (χ0) is 15.3. The maximum atomic E-state index is 11.6. The van der Waals surface area contributed by atoms with Gasteiger partial charge in [-0.2, -0.15) is 9.61 Å². The molecule has 0 bridgehead atoms. The predicted octanol–water partition coefficient (Wildman–Crippen LogP) is 0.820. The van der Waals surface area contributed by atoms with Crippen LogP contribution in [-0.4, -0.2) is 45.4 Å². The Kier molecular flexibility index (Phi) is 3.02. The quantitative estimate of drug-likeness (QED) is 0.888. The molecule has 1 amide bonds. The number of piperidine rings is 1. The van der Waals surface area contributed by atoms with Crippen LogP contribution in [0.4, 0.5) is 5.69 Å². The number of hydrogen-bond acceptors (Lipinski definition) is 5. The van der Waals surface area contributed by atoms with Crippen molar-refractivity contribution in [2.75, 3.05) is 24.5 Å². The highest BCUT2D eigenvalue weighted by Crippen LogP contribution is 2.34. The lowest BCUT2D eigenvalue weighted by atomic mass is 9.89. The second-order valence-corrected chi connectivity index (χ2v) is 6.64. The highest BCUT2D eigenvalue weighted by atomic mass is 16.1. The fraction of sp³-hybridized carbons (Fsp3) is 0.600. The number of rotatable bonds is 2. The molecule has 2 aliphatic heterocycles. The van der Waals surface area contributed by atoms with Gasteiger partial charge in [-0.25, -0.2) is 0 Å². The van der Waals surface area contributed by atoms with Gasteiger partial charge in [0.15, 0.2) is 0 Å². The van der Waals surface area contributed by atoms with Gasteiger partial charge in [0.2, 0.25) is 11.6 Å². The Balaban J connectivity index is 1.71. The number of carbonyl (C=O) groups is 1. The molecule has 7 nitrogen and oxygen atoms in total. The van der Waals surface area contributed by atoms with E-state index in [0.717, 1.165) is 36.7 Å². The molecule has 22 heavy (non-hydrogen) atoms. The molecule has 0 aliphatic carbocycles. The van der Waals surface area contributed by atoms with Gasteiger partial charge in [0.25, 0.3) is 0 Å². The molecule has 1 N–H and O–H groups in total. The Morgan fingerprint density at radius 1 is 1.32 bits per heavy atom. The molecule has 0 saturated carbocycles. The summed E-state index contributed by atoms with van der Waals surface area (Å²) in [7, 11) is 0. The van der Waals surface area contributed by atoms with E-state index in [4.69, 9.17) is 0 Å². The summed E-state index contributed by atoms with van der Waals surface area (Å²) in [5, 5.41) is 15.8. The van der Waals surface area contributed by atoms with Crippen molar-refractivity contribution in [2.45, 2.75) is 26.2 Å². The SMILES string of the molecule is CC(C)c1cc(N2C[C@H]3CC(=O)NC[C@H]3C2)c2nncn2n1. The first-order valence-electron chi connectivity index (χ1n) is 7.84. The molecule has 2 saturated heterocycles. The van der Waals surface area contributed by atoms with Gasteiger partial charge in [-0.15, -0.1) is 10.2 Å². The van der Waals surface area contributed by atoms with E-state index in [0.29, 0.717) is 24.2 Å². The first-order valence-corrected chi connectivity index (χ1v) is 7.84. The van der Waals surface area contributed by atoms with E-state index < -0.39 is 0 Å². The van der Waals surface area contributed by atoms with Gasteiger partial charge in [0, 0.05) is 26.1 Å². The summed E-state index contributed by atoms with van der Waals surface area (Å²) in [6.45, 7) is 6.91. The average Bonchev–Trinajstić information content (AvgIpc) is 3.11. The molecule has 2 atom stereocenters. The summed E-state index contributed by atoms with van der Waals surface area (Å²) in [6, 6.07) is 2.13. The van der Waals surface area contributed by atoms with E-state index in [1.54, 1.807) is 10.8 Å². The minimum atomic E-state index is 0.174. The van der Waals surface area contributed by atoms with Gasteiger partial charge in [0.05, 0.1) is 11.4 Å². The van der Waals surface area contributed by atoms with Gasteiger partial charge < -0.3 is 10.2 Å². The van der Waals surface area contributed by atoms with Crippen LogP contribution in [0.3, 0.4) is 0 Å². The summed E-state index contributed by atoms with van der Waals surface area (Å²) in [6.07, 6.45) is 2.28. The molecular weight excluding hydrogens is 280 g/mol. The summed E-state index contributed by atoms with van der Waals surface area (Å²) in [5.74, 6) is 1.48. The second-order valence-electron chi connectivity index (χ2n) is 6.64. The number of fused-ring (bicyclic) bond motifs is 2. The van der Waals surface area contributed by atoms with E-state index in [1.807, 2.05) is 0 Å². The third kappa shape index (κ3) is 2.12. The van der Waals surface area contributed by atoms with Crippen LogP contribution in [0.15, 0.2) is 12.4 Å². The number of nitrogens with zero attached hydrogens (tertiary/aromatic N) is 5. The van der Waals surface area contributed by atoms with Crippen LogP contribution in [0.1, 0.15) is 31.9 Å². The standard InChI is InChI=1S/C15H20N6O/c1-9(2)12-4-13(15-18-17-8-21(15)19-12)20-6-10-3-14(22)16-5-11(10)7-20/h4,8-11H,3,5-7H2,1-2H3,(H,16,22)/t10-,11+/m1/s1. The third-order valence-corrected chi connectivity index (χ3v) is 4.79. The maximum absolute atomic E-state index is 11.6. The van der Waals surface area contributed by atoms with Crippen molar-refractivity contribution in [2.24, 2.45) is 11.8 Å². The van der Waals surface area contributed by atoms with Crippen LogP contribution >= 0.6 is 0 Å². The first-order chi connectivity index (χ1) is 10.6. The van der Waals surface area contributed by atoms with Crippen molar-refractivity contribution in [1.29, 1.82) is 0 Å². The predicted molar refractivity (Wildman–Crippen MR) is 81.7 cm³/mol. The molecule has 2 aromatic heterocycles. The van der Waals surface area contributed by atoms with Crippen molar-refractivity contribution in [1.82, 2.24) is 25.1 Å². The molecule has 4 heterocycles. The lowest BCUT2D eigenvalue weighted by molar-refractivity contribution is -0.124. The minimum Gasteiger partial charge on any atom is -0.368 e. The van der Waals surface area contributed by atoms with Crippen LogP contribution in [0.5, 0.6) is 0 Å². The highest BCUT2D eigenvalue weighted by Gasteiger charge is 2.38. The van der Waals surface area contributed by atoms with Gasteiger partial charge in [-0.1, -0.05) is 13.8 Å². The topological polar surface area (TPSA) is 75.4 Å². The fourth-order valence-corrected chi connectivity index (χ4v) is 3.50. The zero-order valence-corrected chi connectivity index (χ0v) is 12.9. The Morgan fingerprint density at radius 3 is 2.95 bits per heavy atom. The number of carbonyl (C=O) groups excluding carboxylic acids is 1. The van der Waals surface area contributed by atoms with Gasteiger partial charge in [-0.05, 0) is 23.8 Å². The largest absolute Gasteiger partial charge is 0.368 e. The number of aromatic nitrogens is 4. The first kappa shape index (κ1) is 13.5. The fourth-order valence-electron chi connectivity index (χ4n) is 3.50. The van der Waals surface area contributed by atoms with E-state index in [2.05, 4.69) is 45.4 Å². The lowest BCUT2D eigenvalue weighted by Crippen LogP contribution is -2.39. The van der Waals surface area contributed by atoms with Crippen LogP contribution in [0, 0.1) is 11.8 Å². The Bertz CT molecular complexity index is 724. The Hall–Kier alpha value is -2.18. The van der Waals surface area contributed by atoms with E-state index in [9.17, 15) is 4.79 Å². The molecule has 0 aromatic carbocycles. The molecule has 7 heteroatoms. The van der Waals surface area contributed by atoms with Crippen molar-refractivity contribution in [3.05, 3.63) is 18.1 Å². The number of amides is 1. The van der Waals surface area contributed by atoms with Crippen molar-refractivity contribution in [3.8, 4) is 0 Å². The molecule has 2 fully saturated rings. The lowest BCUT2D eigenvalue weighted by Gasteiger charge is -2.23. The number of anilines is 1. The molecule has 0 spiro atoms. The van der Waals surface area contributed by atoms with E-state index in [1.165, 1.54) is 0 Å². The van der Waals surface area contributed by atoms with Crippen LogP contribution in [-0.2, 0) is 4.79 Å². The van der Waals surface area contributed by atoms with E-state index in [-0.39, 0.29) is 5.91 Å². The summed E-state index contributed by atoms with van der Waals surface area (Å²) >= 11 is 0. The van der Waals surface area contributed by atoms with E-state index >= 15 is 0 Å². The highest BCUT2D eigenvalue weighted by molar-refractivity contribution is 5.77. The molecule has 2 aromatic rings. The van der Waals surface area contributed by atoms with Crippen molar-refractivity contribution < 1.29 is 4.79 Å². The second kappa shape index (κ2) is 4.93. The zero-order valence-electron chi connectivity index (χ0n) is 12.9. The normalized spacial score (nSPS) is 24.9.